The Labute approximate surface area is 168 Å². The predicted molar refractivity (Wildman–Crippen MR) is 111 cm³/mol. The van der Waals surface area contributed by atoms with E-state index in [1.807, 2.05) is 44.6 Å². The van der Waals surface area contributed by atoms with Gasteiger partial charge in [-0.15, -0.1) is 24.0 Å². The van der Waals surface area contributed by atoms with Crippen LogP contribution in [0.25, 0.3) is 0 Å². The maximum atomic E-state index is 8.82. The number of rotatable bonds is 4. The second kappa shape index (κ2) is 9.69. The second-order valence-corrected chi connectivity index (χ2v) is 6.24. The average molecular weight is 502 g/mol. The van der Waals surface area contributed by atoms with Crippen molar-refractivity contribution in [3.63, 3.8) is 0 Å². The van der Waals surface area contributed by atoms with Crippen molar-refractivity contribution in [1.29, 1.82) is 5.26 Å². The van der Waals surface area contributed by atoms with Crippen LogP contribution < -0.4 is 5.32 Å². The van der Waals surface area contributed by atoms with Crippen molar-refractivity contribution in [3.8, 4) is 6.07 Å². The number of nitriles is 1. The molecule has 0 spiro atoms. The Morgan fingerprint density at radius 1 is 1.38 bits per heavy atom. The highest BCUT2D eigenvalue weighted by Gasteiger charge is 2.09. The molecule has 0 aliphatic carbocycles. The molecule has 0 fully saturated rings. The average Bonchev–Trinajstić information content (AvgIpc) is 2.86. The third kappa shape index (κ3) is 5.53. The van der Waals surface area contributed by atoms with Gasteiger partial charge < -0.3 is 14.8 Å². The zero-order chi connectivity index (χ0) is 16.8. The lowest BCUT2D eigenvalue weighted by Crippen LogP contribution is -2.38. The third-order valence-electron chi connectivity index (χ3n) is 3.58. The minimum absolute atomic E-state index is 0. The molecule has 1 heterocycles. The molecule has 0 saturated heterocycles. The lowest BCUT2D eigenvalue weighted by molar-refractivity contribution is 0.461. The molecule has 0 radical (unpaired) electrons. The minimum atomic E-state index is 0. The van der Waals surface area contributed by atoms with Crippen molar-refractivity contribution in [2.24, 2.45) is 12.0 Å². The standard InChI is InChI=1S/C17H20BrN5.HI/c1-20-17(21-10-14-6-4-13(9-19)5-7-14)23(3)12-16-8-15(18)11-22(16)2;/h4-8,11H,10,12H2,1-3H3,(H,20,21);1H. The van der Waals surface area contributed by atoms with Crippen molar-refractivity contribution in [1.82, 2.24) is 14.8 Å². The zero-order valence-corrected chi connectivity index (χ0v) is 17.9. The van der Waals surface area contributed by atoms with Crippen LogP contribution in [-0.2, 0) is 20.1 Å². The van der Waals surface area contributed by atoms with Crippen molar-refractivity contribution < 1.29 is 0 Å². The van der Waals surface area contributed by atoms with E-state index in [4.69, 9.17) is 5.26 Å². The van der Waals surface area contributed by atoms with Crippen LogP contribution in [0.15, 0.2) is 46.0 Å². The first-order valence-corrected chi connectivity index (χ1v) is 8.04. The monoisotopic (exact) mass is 501 g/mol. The summed E-state index contributed by atoms with van der Waals surface area (Å²) in [5.41, 5.74) is 2.98. The van der Waals surface area contributed by atoms with Gasteiger partial charge in [0, 0.05) is 44.1 Å². The third-order valence-corrected chi connectivity index (χ3v) is 4.01. The highest BCUT2D eigenvalue weighted by Crippen LogP contribution is 2.15. The number of guanidine groups is 1. The van der Waals surface area contributed by atoms with E-state index >= 15 is 0 Å². The maximum Gasteiger partial charge on any atom is 0.194 e. The van der Waals surface area contributed by atoms with Crippen LogP contribution in [0.2, 0.25) is 0 Å². The van der Waals surface area contributed by atoms with E-state index in [0.717, 1.165) is 22.5 Å². The van der Waals surface area contributed by atoms with Gasteiger partial charge in [-0.3, -0.25) is 4.99 Å². The summed E-state index contributed by atoms with van der Waals surface area (Å²) >= 11 is 3.49. The number of hydrogen-bond acceptors (Lipinski definition) is 2. The van der Waals surface area contributed by atoms with E-state index in [9.17, 15) is 0 Å². The lowest BCUT2D eigenvalue weighted by atomic mass is 10.1. The van der Waals surface area contributed by atoms with Gasteiger partial charge in [-0.1, -0.05) is 12.1 Å². The van der Waals surface area contributed by atoms with Crippen molar-refractivity contribution >= 4 is 45.9 Å². The van der Waals surface area contributed by atoms with Crippen LogP contribution in [0, 0.1) is 11.3 Å². The van der Waals surface area contributed by atoms with Crippen molar-refractivity contribution in [3.05, 3.63) is 57.8 Å². The minimum Gasteiger partial charge on any atom is -0.352 e. The maximum absolute atomic E-state index is 8.82. The number of aromatic nitrogens is 1. The van der Waals surface area contributed by atoms with Crippen LogP contribution in [-0.4, -0.2) is 29.5 Å². The molecule has 1 aromatic carbocycles. The first kappa shape index (κ1) is 20.5. The van der Waals surface area contributed by atoms with Gasteiger partial charge in [0.1, 0.15) is 0 Å². The SMILES string of the molecule is CN=C(NCc1ccc(C#N)cc1)N(C)Cc1cc(Br)cn1C.I. The molecule has 1 aromatic heterocycles. The molecule has 0 aliphatic rings. The number of nitrogens with zero attached hydrogens (tertiary/aromatic N) is 4. The largest absolute Gasteiger partial charge is 0.352 e. The number of hydrogen-bond donors (Lipinski definition) is 1. The molecule has 0 atom stereocenters. The summed E-state index contributed by atoms with van der Waals surface area (Å²) in [6.07, 6.45) is 2.04. The number of benzene rings is 1. The number of aliphatic imine (C=N–C) groups is 1. The Kier molecular flexibility index (Phi) is 8.28. The van der Waals surface area contributed by atoms with E-state index in [-0.39, 0.29) is 24.0 Å². The summed E-state index contributed by atoms with van der Waals surface area (Å²) < 4.78 is 3.16. The lowest BCUT2D eigenvalue weighted by Gasteiger charge is -2.22. The van der Waals surface area contributed by atoms with Crippen LogP contribution >= 0.6 is 39.9 Å². The molecule has 0 unspecified atom stereocenters. The quantitative estimate of drug-likeness (QED) is 0.396. The Balaban J connectivity index is 0.00000288. The van der Waals surface area contributed by atoms with Gasteiger partial charge in [-0.05, 0) is 39.7 Å². The molecule has 0 aliphatic heterocycles. The van der Waals surface area contributed by atoms with E-state index < -0.39 is 0 Å². The summed E-state index contributed by atoms with van der Waals surface area (Å²) in [4.78, 5) is 6.40. The van der Waals surface area contributed by atoms with Gasteiger partial charge >= 0.3 is 0 Å². The molecule has 0 saturated carbocycles. The fourth-order valence-electron chi connectivity index (χ4n) is 2.30. The van der Waals surface area contributed by atoms with Gasteiger partial charge in [-0.25, -0.2) is 0 Å². The van der Waals surface area contributed by atoms with E-state index in [2.05, 4.69) is 47.8 Å². The first-order chi connectivity index (χ1) is 11.0. The van der Waals surface area contributed by atoms with Gasteiger partial charge in [0.15, 0.2) is 5.96 Å². The Bertz CT molecular complexity index is 730. The predicted octanol–water partition coefficient (Wildman–Crippen LogP) is 3.48. The van der Waals surface area contributed by atoms with Crippen LogP contribution in [0.4, 0.5) is 0 Å². The van der Waals surface area contributed by atoms with Crippen LogP contribution in [0.5, 0.6) is 0 Å². The Morgan fingerprint density at radius 3 is 2.54 bits per heavy atom. The molecule has 2 aromatic rings. The molecule has 128 valence electrons. The highest BCUT2D eigenvalue weighted by molar-refractivity contribution is 14.0. The first-order valence-electron chi connectivity index (χ1n) is 7.25. The molecule has 1 N–H and O–H groups in total. The summed E-state index contributed by atoms with van der Waals surface area (Å²) in [6, 6.07) is 11.8. The Morgan fingerprint density at radius 2 is 2.04 bits per heavy atom. The van der Waals surface area contributed by atoms with Gasteiger partial charge in [0.2, 0.25) is 0 Å². The van der Waals surface area contributed by atoms with E-state index in [0.29, 0.717) is 12.1 Å². The summed E-state index contributed by atoms with van der Waals surface area (Å²) in [6.45, 7) is 1.43. The van der Waals surface area contributed by atoms with Crippen LogP contribution in [0.3, 0.4) is 0 Å². The topological polar surface area (TPSA) is 56.4 Å². The fourth-order valence-corrected chi connectivity index (χ4v) is 2.88. The summed E-state index contributed by atoms with van der Waals surface area (Å²) in [5, 5.41) is 12.2. The zero-order valence-electron chi connectivity index (χ0n) is 14.0. The van der Waals surface area contributed by atoms with Gasteiger partial charge in [0.05, 0.1) is 18.2 Å². The molecule has 0 amide bonds. The molecule has 5 nitrogen and oxygen atoms in total. The molecule has 24 heavy (non-hydrogen) atoms. The summed E-state index contributed by atoms with van der Waals surface area (Å²) in [5.74, 6) is 0.826. The van der Waals surface area contributed by atoms with E-state index in [1.54, 1.807) is 7.05 Å². The van der Waals surface area contributed by atoms with Gasteiger partial charge in [-0.2, -0.15) is 5.26 Å². The second-order valence-electron chi connectivity index (χ2n) is 5.33. The van der Waals surface area contributed by atoms with Crippen molar-refractivity contribution in [2.45, 2.75) is 13.1 Å². The van der Waals surface area contributed by atoms with Crippen LogP contribution in [0.1, 0.15) is 16.8 Å². The van der Waals surface area contributed by atoms with E-state index in [1.165, 1.54) is 5.69 Å². The number of halogens is 2. The number of aryl methyl sites for hydroxylation is 1. The molecule has 2 rings (SSSR count). The van der Waals surface area contributed by atoms with Gasteiger partial charge in [0.25, 0.3) is 0 Å². The Hall–Kier alpha value is -1.53. The fraction of sp³-hybridized carbons (Fsp3) is 0.294. The van der Waals surface area contributed by atoms with Crippen molar-refractivity contribution in [2.75, 3.05) is 14.1 Å². The summed E-state index contributed by atoms with van der Waals surface area (Å²) in [7, 11) is 5.81. The molecule has 7 heteroatoms. The smallest absolute Gasteiger partial charge is 0.194 e. The number of nitrogens with one attached hydrogen (secondary N) is 1. The molecule has 0 bridgehead atoms. The normalized spacial score (nSPS) is 10.7. The molecular weight excluding hydrogens is 481 g/mol. The molecular formula is C17H21BrIN5. The highest BCUT2D eigenvalue weighted by atomic mass is 127.